The smallest absolute Gasteiger partial charge is 0.163 e. The predicted molar refractivity (Wildman–Crippen MR) is 226 cm³/mol. The van der Waals surface area contributed by atoms with Gasteiger partial charge in [0.2, 0.25) is 0 Å². The van der Waals surface area contributed by atoms with Crippen LogP contribution >= 0.6 is 0 Å². The van der Waals surface area contributed by atoms with E-state index in [1.807, 2.05) is 54.6 Å². The molecule has 1 unspecified atom stereocenters. The molecule has 0 radical (unpaired) electrons. The molecule has 0 fully saturated rings. The Bertz CT molecular complexity index is 2720. The van der Waals surface area contributed by atoms with Gasteiger partial charge >= 0.3 is 0 Å². The van der Waals surface area contributed by atoms with Gasteiger partial charge in [-0.2, -0.15) is 5.26 Å². The van der Waals surface area contributed by atoms with E-state index in [2.05, 4.69) is 132 Å². The Kier molecular flexibility index (Phi) is 9.60. The number of allylic oxidation sites excluding steroid dienone is 2. The summed E-state index contributed by atoms with van der Waals surface area (Å²) < 4.78 is 0. The minimum Gasteiger partial charge on any atom is -0.256 e. The lowest BCUT2D eigenvalue weighted by Crippen LogP contribution is -2.10. The van der Waals surface area contributed by atoms with Crippen LogP contribution in [-0.4, -0.2) is 19.9 Å². The van der Waals surface area contributed by atoms with E-state index in [1.165, 1.54) is 11.1 Å². The molecule has 8 aromatic rings. The van der Waals surface area contributed by atoms with Gasteiger partial charge in [-0.25, -0.2) is 15.0 Å². The lowest BCUT2D eigenvalue weighted by molar-refractivity contribution is 0.631. The quantitative estimate of drug-likeness (QED) is 0.156. The van der Waals surface area contributed by atoms with Crippen molar-refractivity contribution in [3.05, 3.63) is 199 Å². The summed E-state index contributed by atoms with van der Waals surface area (Å²) in [4.78, 5) is 19.8. The van der Waals surface area contributed by atoms with E-state index in [0.717, 1.165) is 80.9 Å². The monoisotopic (exact) mass is 719 g/mol. The lowest BCUT2D eigenvalue weighted by atomic mass is 9.85. The third kappa shape index (κ3) is 7.42. The maximum atomic E-state index is 10.0. The Morgan fingerprint density at radius 1 is 0.464 bits per heavy atom. The fraction of sp³-hybridized carbons (Fsp3) is 0.0784. The highest BCUT2D eigenvalue weighted by Crippen LogP contribution is 2.38. The molecule has 1 atom stereocenters. The van der Waals surface area contributed by atoms with Crippen molar-refractivity contribution in [1.29, 1.82) is 5.26 Å². The van der Waals surface area contributed by atoms with Crippen LogP contribution in [0.5, 0.6) is 0 Å². The average molecular weight is 720 g/mol. The molecular formula is C51H37N5. The van der Waals surface area contributed by atoms with Gasteiger partial charge in [0.25, 0.3) is 0 Å². The van der Waals surface area contributed by atoms with E-state index >= 15 is 0 Å². The van der Waals surface area contributed by atoms with Crippen molar-refractivity contribution < 1.29 is 0 Å². The third-order valence-electron chi connectivity index (χ3n) is 10.4. The van der Waals surface area contributed by atoms with Crippen molar-refractivity contribution in [2.75, 3.05) is 0 Å². The number of rotatable bonds is 8. The van der Waals surface area contributed by atoms with Gasteiger partial charge in [-0.15, -0.1) is 0 Å². The molecule has 5 nitrogen and oxygen atoms in total. The number of aromatic nitrogens is 4. The summed E-state index contributed by atoms with van der Waals surface area (Å²) >= 11 is 0. The molecule has 0 N–H and O–H groups in total. The van der Waals surface area contributed by atoms with Crippen molar-refractivity contribution >= 4 is 5.57 Å². The molecule has 56 heavy (non-hydrogen) atoms. The van der Waals surface area contributed by atoms with Gasteiger partial charge in [0.15, 0.2) is 11.6 Å². The van der Waals surface area contributed by atoms with Crippen molar-refractivity contribution in [2.45, 2.75) is 25.2 Å². The minimum absolute atomic E-state index is 0.0338. The first-order chi connectivity index (χ1) is 27.7. The van der Waals surface area contributed by atoms with E-state index in [9.17, 15) is 5.26 Å². The largest absolute Gasteiger partial charge is 0.256 e. The summed E-state index contributed by atoms with van der Waals surface area (Å²) in [6.45, 7) is 0. The topological polar surface area (TPSA) is 75.3 Å². The molecule has 0 amide bonds. The number of hydrogen-bond donors (Lipinski definition) is 0. The zero-order valence-corrected chi connectivity index (χ0v) is 30.8. The summed E-state index contributed by atoms with van der Waals surface area (Å²) in [6, 6.07) is 60.5. The summed E-state index contributed by atoms with van der Waals surface area (Å²) in [6.07, 6.45) is 7.11. The van der Waals surface area contributed by atoms with E-state index in [4.69, 9.17) is 15.0 Å². The molecule has 1 aliphatic carbocycles. The number of nitrogens with zero attached hydrogens (tertiary/aromatic N) is 5. The van der Waals surface area contributed by atoms with E-state index in [-0.39, 0.29) is 5.92 Å². The molecule has 6 aromatic carbocycles. The van der Waals surface area contributed by atoms with Crippen molar-refractivity contribution in [2.24, 2.45) is 0 Å². The zero-order valence-electron chi connectivity index (χ0n) is 30.8. The van der Waals surface area contributed by atoms with Gasteiger partial charge in [0, 0.05) is 28.8 Å². The molecule has 2 heterocycles. The first-order valence-corrected chi connectivity index (χ1v) is 19.0. The van der Waals surface area contributed by atoms with Crippen LogP contribution in [0.3, 0.4) is 0 Å². The Morgan fingerprint density at radius 2 is 1.02 bits per heavy atom. The second kappa shape index (κ2) is 15.6. The van der Waals surface area contributed by atoms with E-state index in [0.29, 0.717) is 17.2 Å². The molecule has 5 heteroatoms. The van der Waals surface area contributed by atoms with Gasteiger partial charge in [-0.1, -0.05) is 133 Å². The van der Waals surface area contributed by atoms with Crippen LogP contribution in [0.4, 0.5) is 0 Å². The molecule has 0 saturated carbocycles. The highest BCUT2D eigenvalue weighted by atomic mass is 15.0. The lowest BCUT2D eigenvalue weighted by Gasteiger charge is -2.22. The summed E-state index contributed by atoms with van der Waals surface area (Å²) in [7, 11) is 0. The summed E-state index contributed by atoms with van der Waals surface area (Å²) in [5.41, 5.74) is 13.4. The van der Waals surface area contributed by atoms with Gasteiger partial charge in [0.1, 0.15) is 5.82 Å². The number of hydrogen-bond acceptors (Lipinski definition) is 5. The van der Waals surface area contributed by atoms with Gasteiger partial charge in [-0.3, -0.25) is 4.98 Å². The molecule has 266 valence electrons. The van der Waals surface area contributed by atoms with Crippen LogP contribution in [0.15, 0.2) is 182 Å². The van der Waals surface area contributed by atoms with Crippen LogP contribution < -0.4 is 0 Å². The maximum absolute atomic E-state index is 10.0. The first kappa shape index (κ1) is 34.5. The fourth-order valence-corrected chi connectivity index (χ4v) is 7.53. The summed E-state index contributed by atoms with van der Waals surface area (Å²) in [5.74, 6) is 2.17. The van der Waals surface area contributed by atoms with Crippen molar-refractivity contribution in [3.63, 3.8) is 0 Å². The zero-order chi connectivity index (χ0) is 37.7. The Morgan fingerprint density at radius 3 is 1.73 bits per heavy atom. The van der Waals surface area contributed by atoms with Crippen molar-refractivity contribution in [1.82, 2.24) is 19.9 Å². The number of nitriles is 1. The molecule has 1 aliphatic rings. The number of benzene rings is 6. The van der Waals surface area contributed by atoms with Gasteiger partial charge < -0.3 is 0 Å². The van der Waals surface area contributed by atoms with Crippen LogP contribution in [0.25, 0.3) is 73.0 Å². The molecule has 0 aliphatic heterocycles. The summed E-state index contributed by atoms with van der Waals surface area (Å²) in [5, 5.41) is 10.0. The van der Waals surface area contributed by atoms with Gasteiger partial charge in [0.05, 0.1) is 17.3 Å². The molecular weight excluding hydrogens is 683 g/mol. The molecule has 2 aromatic heterocycles. The Balaban J connectivity index is 1.05. The normalized spacial score (nSPS) is 13.8. The second-order valence-corrected chi connectivity index (χ2v) is 14.1. The highest BCUT2D eigenvalue weighted by molar-refractivity contribution is 5.79. The molecule has 9 rings (SSSR count). The fourth-order valence-electron chi connectivity index (χ4n) is 7.53. The van der Waals surface area contributed by atoms with Crippen LogP contribution in [0, 0.1) is 11.3 Å². The highest BCUT2D eigenvalue weighted by Gasteiger charge is 2.22. The minimum atomic E-state index is 0.0338. The Hall–Kier alpha value is -7.29. The Labute approximate surface area is 327 Å². The van der Waals surface area contributed by atoms with Crippen LogP contribution in [-0.2, 0) is 0 Å². The molecule has 0 bridgehead atoms. The van der Waals surface area contributed by atoms with Crippen LogP contribution in [0.1, 0.15) is 42.1 Å². The van der Waals surface area contributed by atoms with Crippen molar-refractivity contribution in [3.8, 4) is 73.5 Å². The average Bonchev–Trinajstić information content (AvgIpc) is 3.30. The molecule has 0 saturated heterocycles. The standard InChI is InChI=1S/C51H37N5/c52-34-35-28-46(37-23-25-38(26-24-37)48-22-7-8-27-53-48)33-47(29-35)43-19-9-17-41(30-43)42-18-11-21-45(32-42)51-55-49(39-14-5-2-6-15-39)54-50(56-51)44-20-10-16-40(31-44)36-12-3-1-4-13-36/h1-10,12-17,19-20,22-33,45H,11,18,21H2. The van der Waals surface area contributed by atoms with Crippen LogP contribution in [0.2, 0.25) is 0 Å². The number of pyridine rings is 1. The SMILES string of the molecule is N#Cc1cc(-c2ccc(-c3ccccn3)cc2)cc(-c2cccc(C3=CC(c4nc(-c5ccccc5)nc(-c5cccc(-c6ccccc6)c5)n4)CCC3)c2)c1. The molecule has 0 spiro atoms. The second-order valence-electron chi connectivity index (χ2n) is 14.1. The van der Waals surface area contributed by atoms with Gasteiger partial charge in [-0.05, 0) is 106 Å². The predicted octanol–water partition coefficient (Wildman–Crippen LogP) is 12.5. The third-order valence-corrected chi connectivity index (χ3v) is 10.4. The van der Waals surface area contributed by atoms with E-state index in [1.54, 1.807) is 6.20 Å². The maximum Gasteiger partial charge on any atom is 0.163 e. The first-order valence-electron chi connectivity index (χ1n) is 19.0. The van der Waals surface area contributed by atoms with E-state index < -0.39 is 0 Å².